The van der Waals surface area contributed by atoms with E-state index in [-0.39, 0.29) is 37.1 Å². The van der Waals surface area contributed by atoms with Gasteiger partial charge in [0.2, 0.25) is 12.6 Å². The predicted octanol–water partition coefficient (Wildman–Crippen LogP) is 3.18. The Morgan fingerprint density at radius 1 is 1.33 bits per heavy atom. The molecule has 5 aliphatic rings. The molecular weight excluding hydrogens is 348 g/mol. The van der Waals surface area contributed by atoms with Gasteiger partial charge in [-0.25, -0.2) is 0 Å². The highest BCUT2D eigenvalue weighted by molar-refractivity contribution is 5.98. The van der Waals surface area contributed by atoms with Crippen LogP contribution in [-0.4, -0.2) is 32.1 Å². The van der Waals surface area contributed by atoms with Crippen LogP contribution >= 0.6 is 0 Å². The van der Waals surface area contributed by atoms with Crippen molar-refractivity contribution in [1.29, 1.82) is 0 Å². The van der Waals surface area contributed by atoms with Gasteiger partial charge in [0.05, 0.1) is 7.11 Å². The van der Waals surface area contributed by atoms with Gasteiger partial charge in [0.15, 0.2) is 18.3 Å². The Labute approximate surface area is 158 Å². The second kappa shape index (κ2) is 5.64. The van der Waals surface area contributed by atoms with Crippen molar-refractivity contribution in [3.8, 4) is 0 Å². The van der Waals surface area contributed by atoms with Crippen molar-refractivity contribution < 1.29 is 28.5 Å². The molecule has 144 valence electrons. The summed E-state index contributed by atoms with van der Waals surface area (Å²) in [5.41, 5.74) is -1.07. The number of allylic oxidation sites excluding steroid dienone is 4. The van der Waals surface area contributed by atoms with Crippen LogP contribution in [0.25, 0.3) is 0 Å². The maximum absolute atomic E-state index is 13.3. The summed E-state index contributed by atoms with van der Waals surface area (Å²) >= 11 is 0. The molecule has 0 radical (unpaired) electrons. The molecule has 3 aliphatic carbocycles. The third kappa shape index (κ3) is 2.02. The molecule has 6 nitrogen and oxygen atoms in total. The summed E-state index contributed by atoms with van der Waals surface area (Å²) in [4.78, 5) is 13.3. The second-order valence-electron chi connectivity index (χ2n) is 8.07. The van der Waals surface area contributed by atoms with Crippen molar-refractivity contribution in [3.05, 3.63) is 47.8 Å². The fourth-order valence-corrected chi connectivity index (χ4v) is 6.03. The average molecular weight is 372 g/mol. The Kier molecular flexibility index (Phi) is 3.54. The molecule has 2 fully saturated rings. The van der Waals surface area contributed by atoms with Gasteiger partial charge in [-0.2, -0.15) is 0 Å². The van der Waals surface area contributed by atoms with Crippen LogP contribution in [0.1, 0.15) is 26.2 Å². The Balaban J connectivity index is 1.61. The predicted molar refractivity (Wildman–Crippen MR) is 94.6 cm³/mol. The zero-order valence-electron chi connectivity index (χ0n) is 15.7. The number of methoxy groups -OCH3 is 1. The topological polar surface area (TPSA) is 63.2 Å². The van der Waals surface area contributed by atoms with Crippen LogP contribution in [-0.2, 0) is 28.5 Å². The lowest BCUT2D eigenvalue weighted by Crippen LogP contribution is -2.41. The van der Waals surface area contributed by atoms with Crippen molar-refractivity contribution in [2.45, 2.75) is 31.8 Å². The maximum Gasteiger partial charge on any atom is 0.231 e. The molecule has 0 N–H and O–H groups in total. The van der Waals surface area contributed by atoms with E-state index in [9.17, 15) is 4.79 Å². The third-order valence-electron chi connectivity index (χ3n) is 7.08. The third-order valence-corrected chi connectivity index (χ3v) is 7.08. The van der Waals surface area contributed by atoms with Gasteiger partial charge >= 0.3 is 0 Å². The van der Waals surface area contributed by atoms with Gasteiger partial charge in [0.1, 0.15) is 17.1 Å². The van der Waals surface area contributed by atoms with Gasteiger partial charge < -0.3 is 23.7 Å². The molecular formula is C21H24O6. The van der Waals surface area contributed by atoms with Crippen molar-refractivity contribution in [2.24, 2.45) is 23.2 Å². The quantitative estimate of drug-likeness (QED) is 0.707. The van der Waals surface area contributed by atoms with Gasteiger partial charge in [-0.1, -0.05) is 13.0 Å². The molecule has 5 atom stereocenters. The van der Waals surface area contributed by atoms with Crippen LogP contribution < -0.4 is 0 Å². The van der Waals surface area contributed by atoms with E-state index in [1.54, 1.807) is 13.2 Å². The number of ketones is 1. The van der Waals surface area contributed by atoms with Gasteiger partial charge in [0, 0.05) is 17.9 Å². The van der Waals surface area contributed by atoms with Gasteiger partial charge in [0.25, 0.3) is 0 Å². The van der Waals surface area contributed by atoms with Crippen molar-refractivity contribution in [2.75, 3.05) is 20.7 Å². The molecule has 27 heavy (non-hydrogen) atoms. The minimum absolute atomic E-state index is 0.0573. The summed E-state index contributed by atoms with van der Waals surface area (Å²) in [5, 5.41) is 0. The fourth-order valence-electron chi connectivity index (χ4n) is 6.03. The van der Waals surface area contributed by atoms with Crippen LogP contribution in [0, 0.1) is 23.2 Å². The first-order valence-corrected chi connectivity index (χ1v) is 9.45. The highest BCUT2D eigenvalue weighted by atomic mass is 16.7. The molecule has 2 heterocycles. The van der Waals surface area contributed by atoms with E-state index in [1.807, 2.05) is 6.08 Å². The van der Waals surface area contributed by atoms with E-state index in [1.165, 1.54) is 0 Å². The summed E-state index contributed by atoms with van der Waals surface area (Å²) in [6.07, 6.45) is 7.56. The lowest BCUT2D eigenvalue weighted by atomic mass is 9.63. The summed E-state index contributed by atoms with van der Waals surface area (Å²) in [6, 6.07) is 0. The van der Waals surface area contributed by atoms with Crippen LogP contribution in [0.3, 0.4) is 0 Å². The van der Waals surface area contributed by atoms with Crippen LogP contribution in [0.4, 0.5) is 0 Å². The molecule has 5 rings (SSSR count). The van der Waals surface area contributed by atoms with Gasteiger partial charge in [-0.3, -0.25) is 4.79 Å². The first-order valence-electron chi connectivity index (χ1n) is 9.45. The zero-order valence-corrected chi connectivity index (χ0v) is 15.7. The standard InChI is InChI=1S/C21H24O6/c1-4-5-20-9-21(17(8-16(20)22)25-11-27-21)12(2)18(20)13-6-14(23-3)19-15(7-13)24-10-26-19/h4,6,8,12-13,18H,1,5,7,9-11H2,2-3H3/t12-,13?,18+,20-,21+/m0/s1. The molecule has 1 saturated heterocycles. The van der Waals surface area contributed by atoms with Gasteiger partial charge in [-0.05, 0) is 36.7 Å². The molecule has 6 heteroatoms. The number of rotatable bonds is 4. The minimum atomic E-state index is -0.546. The lowest BCUT2D eigenvalue weighted by molar-refractivity contribution is -0.128. The molecule has 1 saturated carbocycles. The molecule has 1 unspecified atom stereocenters. The first kappa shape index (κ1) is 16.9. The number of carbonyl (C=O) groups is 1. The number of carbonyl (C=O) groups excluding carboxylic acids is 1. The number of fused-ring (bicyclic) bond motifs is 1. The lowest BCUT2D eigenvalue weighted by Gasteiger charge is -2.39. The van der Waals surface area contributed by atoms with Crippen molar-refractivity contribution in [1.82, 2.24) is 0 Å². The molecule has 2 bridgehead atoms. The zero-order chi connectivity index (χ0) is 18.8. The van der Waals surface area contributed by atoms with Crippen molar-refractivity contribution in [3.63, 3.8) is 0 Å². The number of hydrogen-bond donors (Lipinski definition) is 0. The van der Waals surface area contributed by atoms with E-state index < -0.39 is 11.0 Å². The molecule has 2 aliphatic heterocycles. The van der Waals surface area contributed by atoms with Crippen LogP contribution in [0.2, 0.25) is 0 Å². The highest BCUT2D eigenvalue weighted by Gasteiger charge is 2.69. The van der Waals surface area contributed by atoms with E-state index in [0.29, 0.717) is 36.5 Å². The summed E-state index contributed by atoms with van der Waals surface area (Å²) in [5.74, 6) is 3.23. The Bertz CT molecular complexity index is 807. The Morgan fingerprint density at radius 3 is 2.96 bits per heavy atom. The number of hydrogen-bond acceptors (Lipinski definition) is 6. The van der Waals surface area contributed by atoms with E-state index >= 15 is 0 Å². The van der Waals surface area contributed by atoms with E-state index in [0.717, 1.165) is 5.76 Å². The summed E-state index contributed by atoms with van der Waals surface area (Å²) in [6.45, 7) is 6.52. The van der Waals surface area contributed by atoms with Crippen LogP contribution in [0.15, 0.2) is 47.8 Å². The molecule has 1 spiro atoms. The smallest absolute Gasteiger partial charge is 0.231 e. The van der Waals surface area contributed by atoms with Crippen molar-refractivity contribution >= 4 is 5.78 Å². The minimum Gasteiger partial charge on any atom is -0.493 e. The second-order valence-corrected chi connectivity index (χ2v) is 8.07. The number of ether oxygens (including phenoxy) is 5. The van der Waals surface area contributed by atoms with Gasteiger partial charge in [-0.15, -0.1) is 6.58 Å². The molecule has 0 aromatic carbocycles. The highest BCUT2D eigenvalue weighted by Crippen LogP contribution is 2.66. The average Bonchev–Trinajstić information content (AvgIpc) is 3.33. The maximum atomic E-state index is 13.3. The van der Waals surface area contributed by atoms with E-state index in [4.69, 9.17) is 23.7 Å². The van der Waals surface area contributed by atoms with E-state index in [2.05, 4.69) is 19.6 Å². The Hall–Kier alpha value is -2.21. The summed E-state index contributed by atoms with van der Waals surface area (Å²) in [7, 11) is 1.63. The Morgan fingerprint density at radius 2 is 2.19 bits per heavy atom. The largest absolute Gasteiger partial charge is 0.493 e. The fraction of sp³-hybridized carbons (Fsp3) is 0.571. The monoisotopic (exact) mass is 372 g/mol. The SMILES string of the molecule is C=CC[C@]12C[C@@]3(OCOC3=CC1=O)[C@@H](C)[C@@H]2C1C=C(OC)C2=C(C1)OCO2. The van der Waals surface area contributed by atoms with Crippen LogP contribution in [0.5, 0.6) is 0 Å². The molecule has 0 amide bonds. The summed E-state index contributed by atoms with van der Waals surface area (Å²) < 4.78 is 28.7. The molecule has 0 aromatic rings. The first-order chi connectivity index (χ1) is 13.1. The molecule has 0 aromatic heterocycles. The normalized spacial score (nSPS) is 41.7.